The Balaban J connectivity index is 2.36. The zero-order valence-corrected chi connectivity index (χ0v) is 12.6. The van der Waals surface area contributed by atoms with Crippen molar-refractivity contribution in [3.8, 4) is 0 Å². The van der Waals surface area contributed by atoms with E-state index in [0.29, 0.717) is 33.5 Å². The fourth-order valence-electron chi connectivity index (χ4n) is 1.71. The van der Waals surface area contributed by atoms with E-state index in [1.165, 1.54) is 6.07 Å². The highest BCUT2D eigenvalue weighted by Crippen LogP contribution is 2.18. The number of hydrogen-bond acceptors (Lipinski definition) is 3. The number of ether oxygens (including phenoxy) is 1. The number of hydrogen-bond donors (Lipinski definition) is 1. The topological polar surface area (TPSA) is 37.9 Å². The molecule has 0 spiro atoms. The molecule has 0 atom stereocenters. The fourth-order valence-corrected chi connectivity index (χ4v) is 2.24. The lowest BCUT2D eigenvalue weighted by molar-refractivity contribution is 0.180. The van der Waals surface area contributed by atoms with E-state index in [0.717, 1.165) is 5.69 Å². The van der Waals surface area contributed by atoms with E-state index in [-0.39, 0.29) is 5.82 Å². The van der Waals surface area contributed by atoms with Gasteiger partial charge in [-0.1, -0.05) is 30.4 Å². The summed E-state index contributed by atoms with van der Waals surface area (Å²) in [5, 5.41) is 0. The molecule has 0 aliphatic rings. The summed E-state index contributed by atoms with van der Waals surface area (Å²) in [6.45, 7) is 0.386. The standard InChI is InChI=1S/C13H12BrFN2OS/c1-18-7-10-12(14)13(19)17-11(16-10)6-8-4-2-3-5-9(8)15/h2-5H,6-7H2,1H3,(H,16,17,19). The average Bonchev–Trinajstić information content (AvgIpc) is 2.38. The van der Waals surface area contributed by atoms with Crippen molar-refractivity contribution in [1.82, 2.24) is 9.97 Å². The molecular weight excluding hydrogens is 331 g/mol. The molecule has 0 aliphatic carbocycles. The summed E-state index contributed by atoms with van der Waals surface area (Å²) >= 11 is 8.53. The second-order valence-corrected chi connectivity index (χ2v) is 5.16. The van der Waals surface area contributed by atoms with Gasteiger partial charge in [0.1, 0.15) is 16.3 Å². The highest BCUT2D eigenvalue weighted by atomic mass is 79.9. The highest BCUT2D eigenvalue weighted by Gasteiger charge is 2.08. The van der Waals surface area contributed by atoms with Crippen molar-refractivity contribution < 1.29 is 9.13 Å². The quantitative estimate of drug-likeness (QED) is 0.859. The number of aromatic amines is 1. The Morgan fingerprint density at radius 2 is 2.16 bits per heavy atom. The molecule has 1 heterocycles. The summed E-state index contributed by atoms with van der Waals surface area (Å²) in [4.78, 5) is 7.36. The lowest BCUT2D eigenvalue weighted by atomic mass is 10.1. The van der Waals surface area contributed by atoms with Gasteiger partial charge in [0.15, 0.2) is 0 Å². The van der Waals surface area contributed by atoms with E-state index in [2.05, 4.69) is 25.9 Å². The zero-order valence-electron chi connectivity index (χ0n) is 10.2. The van der Waals surface area contributed by atoms with E-state index < -0.39 is 0 Å². The van der Waals surface area contributed by atoms with Gasteiger partial charge in [0.05, 0.1) is 16.8 Å². The molecule has 3 nitrogen and oxygen atoms in total. The number of halogens is 2. The number of benzene rings is 1. The second-order valence-electron chi connectivity index (χ2n) is 3.98. The molecule has 1 aromatic heterocycles. The molecule has 6 heteroatoms. The van der Waals surface area contributed by atoms with Crippen LogP contribution in [0.25, 0.3) is 0 Å². The van der Waals surface area contributed by atoms with Gasteiger partial charge < -0.3 is 9.72 Å². The van der Waals surface area contributed by atoms with Crippen molar-refractivity contribution in [2.24, 2.45) is 0 Å². The Kier molecular flexibility index (Phi) is 4.79. The monoisotopic (exact) mass is 342 g/mol. The van der Waals surface area contributed by atoms with Crippen LogP contribution in [0.5, 0.6) is 0 Å². The van der Waals surface area contributed by atoms with Crippen LogP contribution in [0.1, 0.15) is 17.1 Å². The maximum atomic E-state index is 13.6. The third-order valence-electron chi connectivity index (χ3n) is 2.59. The van der Waals surface area contributed by atoms with Gasteiger partial charge in [-0.3, -0.25) is 0 Å². The van der Waals surface area contributed by atoms with Gasteiger partial charge in [0, 0.05) is 13.5 Å². The summed E-state index contributed by atoms with van der Waals surface area (Å²) < 4.78 is 19.8. The SMILES string of the molecule is COCc1[nH]c(Cc2ccccc2F)nc(=S)c1Br. The Hall–Kier alpha value is -1.11. The molecule has 0 saturated heterocycles. The third-order valence-corrected chi connectivity index (χ3v) is 4.00. The van der Waals surface area contributed by atoms with E-state index in [1.54, 1.807) is 25.3 Å². The van der Waals surface area contributed by atoms with Crippen LogP contribution in [-0.4, -0.2) is 17.1 Å². The predicted octanol–water partition coefficient (Wildman–Crippen LogP) is 3.78. The third kappa shape index (κ3) is 3.46. The first kappa shape index (κ1) is 14.3. The first-order chi connectivity index (χ1) is 9.11. The largest absolute Gasteiger partial charge is 0.378 e. The van der Waals surface area contributed by atoms with E-state index in [4.69, 9.17) is 17.0 Å². The molecule has 0 bridgehead atoms. The second kappa shape index (κ2) is 6.36. The van der Waals surface area contributed by atoms with Crippen molar-refractivity contribution in [2.45, 2.75) is 13.0 Å². The summed E-state index contributed by atoms with van der Waals surface area (Å²) in [5.74, 6) is 0.366. The summed E-state index contributed by atoms with van der Waals surface area (Å²) in [7, 11) is 1.60. The minimum Gasteiger partial charge on any atom is -0.378 e. The van der Waals surface area contributed by atoms with Crippen LogP contribution in [0.2, 0.25) is 0 Å². The molecule has 0 saturated carbocycles. The van der Waals surface area contributed by atoms with Crippen LogP contribution >= 0.6 is 28.1 Å². The van der Waals surface area contributed by atoms with Gasteiger partial charge in [0.25, 0.3) is 0 Å². The lowest BCUT2D eigenvalue weighted by Gasteiger charge is -2.08. The molecule has 0 unspecified atom stereocenters. The van der Waals surface area contributed by atoms with Crippen molar-refractivity contribution in [2.75, 3.05) is 7.11 Å². The Morgan fingerprint density at radius 1 is 1.42 bits per heavy atom. The number of nitrogens with one attached hydrogen (secondary N) is 1. The van der Waals surface area contributed by atoms with Crippen LogP contribution in [0.3, 0.4) is 0 Å². The summed E-state index contributed by atoms with van der Waals surface area (Å²) in [6.07, 6.45) is 0.361. The van der Waals surface area contributed by atoms with E-state index >= 15 is 0 Å². The Labute approximate surface area is 124 Å². The predicted molar refractivity (Wildman–Crippen MR) is 77.0 cm³/mol. The van der Waals surface area contributed by atoms with Gasteiger partial charge in [-0.15, -0.1) is 0 Å². The number of nitrogens with zero attached hydrogens (tertiary/aromatic N) is 1. The average molecular weight is 343 g/mol. The number of aromatic nitrogens is 2. The van der Waals surface area contributed by atoms with E-state index in [9.17, 15) is 4.39 Å². The summed E-state index contributed by atoms with van der Waals surface area (Å²) in [5.41, 5.74) is 1.38. The first-order valence-corrected chi connectivity index (χ1v) is 6.82. The molecule has 0 aliphatic heterocycles. The molecule has 2 aromatic rings. The number of H-pyrrole nitrogens is 1. The fraction of sp³-hybridized carbons (Fsp3) is 0.231. The zero-order chi connectivity index (χ0) is 13.8. The van der Waals surface area contributed by atoms with Crippen LogP contribution in [-0.2, 0) is 17.8 Å². The van der Waals surface area contributed by atoms with Gasteiger partial charge in [0.2, 0.25) is 0 Å². The minimum atomic E-state index is -0.250. The van der Waals surface area contributed by atoms with Crippen molar-refractivity contribution in [3.63, 3.8) is 0 Å². The lowest BCUT2D eigenvalue weighted by Crippen LogP contribution is -2.04. The maximum Gasteiger partial charge on any atom is 0.144 e. The molecule has 2 rings (SSSR count). The van der Waals surface area contributed by atoms with Crippen LogP contribution in [0, 0.1) is 10.5 Å². The van der Waals surface area contributed by atoms with Gasteiger partial charge >= 0.3 is 0 Å². The molecule has 19 heavy (non-hydrogen) atoms. The molecule has 0 amide bonds. The van der Waals surface area contributed by atoms with Gasteiger partial charge in [-0.25, -0.2) is 9.37 Å². The van der Waals surface area contributed by atoms with Gasteiger partial charge in [-0.05, 0) is 27.6 Å². The molecule has 1 aromatic carbocycles. The van der Waals surface area contributed by atoms with Crippen LogP contribution in [0.4, 0.5) is 4.39 Å². The smallest absolute Gasteiger partial charge is 0.144 e. The maximum absolute atomic E-state index is 13.6. The van der Waals surface area contributed by atoms with E-state index in [1.807, 2.05) is 0 Å². The normalized spacial score (nSPS) is 10.7. The number of rotatable bonds is 4. The Morgan fingerprint density at radius 3 is 2.84 bits per heavy atom. The van der Waals surface area contributed by atoms with Crippen LogP contribution in [0.15, 0.2) is 28.7 Å². The van der Waals surface area contributed by atoms with Crippen LogP contribution < -0.4 is 0 Å². The molecule has 0 radical (unpaired) electrons. The molecular formula is C13H12BrFN2OS. The highest BCUT2D eigenvalue weighted by molar-refractivity contribution is 9.10. The minimum absolute atomic E-state index is 0.250. The number of methoxy groups -OCH3 is 1. The van der Waals surface area contributed by atoms with Gasteiger partial charge in [-0.2, -0.15) is 0 Å². The van der Waals surface area contributed by atoms with Crippen molar-refractivity contribution in [3.05, 3.63) is 56.3 Å². The molecule has 0 fully saturated rings. The van der Waals surface area contributed by atoms with Crippen molar-refractivity contribution in [1.29, 1.82) is 0 Å². The van der Waals surface area contributed by atoms with Crippen molar-refractivity contribution >= 4 is 28.1 Å². The first-order valence-electron chi connectivity index (χ1n) is 5.61. The summed E-state index contributed by atoms with van der Waals surface area (Å²) in [6, 6.07) is 6.61. The molecule has 100 valence electrons. The molecule has 1 N–H and O–H groups in total. The Bertz CT molecular complexity index is 645.